The van der Waals surface area contributed by atoms with Crippen molar-refractivity contribution in [2.75, 3.05) is 5.32 Å². The van der Waals surface area contributed by atoms with Crippen LogP contribution in [0.1, 0.15) is 39.5 Å². The van der Waals surface area contributed by atoms with Crippen LogP contribution in [-0.2, 0) is 0 Å². The molecule has 1 heterocycles. The van der Waals surface area contributed by atoms with Crippen LogP contribution >= 0.6 is 11.3 Å². The SMILES string of the molecule is CC(C)C1CCC(Nc2ccccc2-c2cccs2)CC1. The first-order valence-electron chi connectivity index (χ1n) is 8.13. The van der Waals surface area contributed by atoms with E-state index in [0.717, 1.165) is 11.8 Å². The number of nitrogens with one attached hydrogen (secondary N) is 1. The molecule has 0 atom stereocenters. The second-order valence-electron chi connectivity index (χ2n) is 6.52. The molecule has 1 fully saturated rings. The lowest BCUT2D eigenvalue weighted by Crippen LogP contribution is -2.28. The predicted molar refractivity (Wildman–Crippen MR) is 94.0 cm³/mol. The molecule has 1 N–H and O–H groups in total. The molecule has 1 aliphatic rings. The summed E-state index contributed by atoms with van der Waals surface area (Å²) in [4.78, 5) is 1.36. The van der Waals surface area contributed by atoms with Crippen LogP contribution in [0.15, 0.2) is 41.8 Å². The minimum absolute atomic E-state index is 0.640. The number of thiophene rings is 1. The predicted octanol–water partition coefficient (Wildman–Crippen LogP) is 6.04. The highest BCUT2D eigenvalue weighted by Crippen LogP contribution is 2.35. The molecule has 0 radical (unpaired) electrons. The van der Waals surface area contributed by atoms with Crippen molar-refractivity contribution in [1.29, 1.82) is 0 Å². The van der Waals surface area contributed by atoms with Crippen LogP contribution in [0.25, 0.3) is 10.4 Å². The molecule has 0 spiro atoms. The van der Waals surface area contributed by atoms with Gasteiger partial charge < -0.3 is 5.32 Å². The van der Waals surface area contributed by atoms with Crippen LogP contribution < -0.4 is 5.32 Å². The van der Waals surface area contributed by atoms with Gasteiger partial charge in [-0.25, -0.2) is 0 Å². The third-order valence-electron chi connectivity index (χ3n) is 4.79. The summed E-state index contributed by atoms with van der Waals surface area (Å²) >= 11 is 1.82. The quantitative estimate of drug-likeness (QED) is 0.725. The topological polar surface area (TPSA) is 12.0 Å². The van der Waals surface area contributed by atoms with Crippen molar-refractivity contribution in [2.45, 2.75) is 45.6 Å². The van der Waals surface area contributed by atoms with Crippen molar-refractivity contribution < 1.29 is 0 Å². The first-order valence-corrected chi connectivity index (χ1v) is 9.01. The van der Waals surface area contributed by atoms with Gasteiger partial charge in [0.1, 0.15) is 0 Å². The standard InChI is InChI=1S/C19H25NS/c1-14(2)15-9-11-16(12-10-15)20-18-7-4-3-6-17(18)19-8-5-13-21-19/h3-8,13-16,20H,9-12H2,1-2H3. The van der Waals surface area contributed by atoms with Gasteiger partial charge in [-0.3, -0.25) is 0 Å². The van der Waals surface area contributed by atoms with Gasteiger partial charge in [0.05, 0.1) is 0 Å². The first kappa shape index (κ1) is 14.6. The van der Waals surface area contributed by atoms with E-state index in [9.17, 15) is 0 Å². The molecule has 0 amide bonds. The lowest BCUT2D eigenvalue weighted by Gasteiger charge is -2.32. The summed E-state index contributed by atoms with van der Waals surface area (Å²) in [5, 5.41) is 5.96. The maximum atomic E-state index is 3.80. The van der Waals surface area contributed by atoms with E-state index in [1.807, 2.05) is 11.3 Å². The maximum absolute atomic E-state index is 3.80. The summed E-state index contributed by atoms with van der Waals surface area (Å²) in [6, 6.07) is 13.7. The average molecular weight is 299 g/mol. The lowest BCUT2D eigenvalue weighted by atomic mass is 9.79. The van der Waals surface area contributed by atoms with Crippen LogP contribution in [-0.4, -0.2) is 6.04 Å². The fraction of sp³-hybridized carbons (Fsp3) is 0.474. The first-order chi connectivity index (χ1) is 10.2. The number of para-hydroxylation sites is 1. The van der Waals surface area contributed by atoms with Crippen molar-refractivity contribution in [3.05, 3.63) is 41.8 Å². The van der Waals surface area contributed by atoms with Crippen LogP contribution in [0, 0.1) is 11.8 Å². The zero-order chi connectivity index (χ0) is 14.7. The summed E-state index contributed by atoms with van der Waals surface area (Å²) in [7, 11) is 0. The van der Waals surface area contributed by atoms with Gasteiger partial charge in [-0.05, 0) is 55.0 Å². The number of benzene rings is 1. The summed E-state index contributed by atoms with van der Waals surface area (Å²) in [5.74, 6) is 1.76. The third-order valence-corrected chi connectivity index (χ3v) is 5.69. The smallest absolute Gasteiger partial charge is 0.0430 e. The molecule has 0 unspecified atom stereocenters. The van der Waals surface area contributed by atoms with Crippen LogP contribution in [0.4, 0.5) is 5.69 Å². The molecule has 0 aliphatic heterocycles. The average Bonchev–Trinajstić information content (AvgIpc) is 3.02. The molecule has 1 saturated carbocycles. The van der Waals surface area contributed by atoms with Gasteiger partial charge in [0.2, 0.25) is 0 Å². The van der Waals surface area contributed by atoms with Crippen LogP contribution in [0.2, 0.25) is 0 Å². The van der Waals surface area contributed by atoms with E-state index in [1.54, 1.807) is 0 Å². The van der Waals surface area contributed by atoms with E-state index in [0.29, 0.717) is 6.04 Å². The van der Waals surface area contributed by atoms with E-state index in [-0.39, 0.29) is 0 Å². The zero-order valence-corrected chi connectivity index (χ0v) is 13.8. The second-order valence-corrected chi connectivity index (χ2v) is 7.47. The summed E-state index contributed by atoms with van der Waals surface area (Å²) in [6.07, 6.45) is 5.36. The highest BCUT2D eigenvalue weighted by Gasteiger charge is 2.23. The monoisotopic (exact) mass is 299 g/mol. The van der Waals surface area contributed by atoms with Crippen molar-refractivity contribution in [3.63, 3.8) is 0 Å². The summed E-state index contributed by atoms with van der Waals surface area (Å²) < 4.78 is 0. The molecule has 21 heavy (non-hydrogen) atoms. The molecule has 3 rings (SSSR count). The minimum atomic E-state index is 0.640. The van der Waals surface area contributed by atoms with E-state index in [1.165, 1.54) is 41.8 Å². The van der Waals surface area contributed by atoms with Crippen molar-refractivity contribution in [1.82, 2.24) is 0 Å². The Labute approximate surface area is 132 Å². The molecule has 1 aromatic heterocycles. The fourth-order valence-corrected chi connectivity index (χ4v) is 4.17. The van der Waals surface area contributed by atoms with Gasteiger partial charge in [0, 0.05) is 22.2 Å². The highest BCUT2D eigenvalue weighted by atomic mass is 32.1. The van der Waals surface area contributed by atoms with Gasteiger partial charge in [-0.2, -0.15) is 0 Å². The van der Waals surface area contributed by atoms with Gasteiger partial charge in [-0.15, -0.1) is 11.3 Å². The van der Waals surface area contributed by atoms with Gasteiger partial charge in [-0.1, -0.05) is 38.1 Å². The van der Waals surface area contributed by atoms with Gasteiger partial charge in [0.25, 0.3) is 0 Å². The number of hydrogen-bond acceptors (Lipinski definition) is 2. The van der Waals surface area contributed by atoms with Crippen molar-refractivity contribution >= 4 is 17.0 Å². The minimum Gasteiger partial charge on any atom is -0.382 e. The second kappa shape index (κ2) is 6.65. The van der Waals surface area contributed by atoms with E-state index in [4.69, 9.17) is 0 Å². The van der Waals surface area contributed by atoms with E-state index in [2.05, 4.69) is 60.9 Å². The Morgan fingerprint density at radius 1 is 1.00 bits per heavy atom. The zero-order valence-electron chi connectivity index (χ0n) is 13.0. The van der Waals surface area contributed by atoms with E-state index < -0.39 is 0 Å². The molecule has 1 nitrogen and oxygen atoms in total. The Morgan fingerprint density at radius 2 is 1.76 bits per heavy atom. The molecular formula is C19H25NS. The molecule has 1 aliphatic carbocycles. The van der Waals surface area contributed by atoms with Crippen molar-refractivity contribution in [2.24, 2.45) is 11.8 Å². The summed E-state index contributed by atoms with van der Waals surface area (Å²) in [5.41, 5.74) is 2.64. The van der Waals surface area contributed by atoms with Gasteiger partial charge in [0.15, 0.2) is 0 Å². The van der Waals surface area contributed by atoms with Crippen LogP contribution in [0.5, 0.6) is 0 Å². The summed E-state index contributed by atoms with van der Waals surface area (Å²) in [6.45, 7) is 4.73. The third kappa shape index (κ3) is 3.49. The molecule has 2 aromatic rings. The Balaban J connectivity index is 1.69. The van der Waals surface area contributed by atoms with Crippen molar-refractivity contribution in [3.8, 4) is 10.4 Å². The van der Waals surface area contributed by atoms with Gasteiger partial charge >= 0.3 is 0 Å². The number of hydrogen-bond donors (Lipinski definition) is 1. The Morgan fingerprint density at radius 3 is 2.43 bits per heavy atom. The maximum Gasteiger partial charge on any atom is 0.0430 e. The molecule has 2 heteroatoms. The Bertz CT molecular complexity index is 551. The molecule has 112 valence electrons. The largest absolute Gasteiger partial charge is 0.382 e. The number of rotatable bonds is 4. The Kier molecular flexibility index (Phi) is 4.64. The highest BCUT2D eigenvalue weighted by molar-refractivity contribution is 7.13. The fourth-order valence-electron chi connectivity index (χ4n) is 3.41. The molecular weight excluding hydrogens is 274 g/mol. The van der Waals surface area contributed by atoms with E-state index >= 15 is 0 Å². The van der Waals surface area contributed by atoms with Crippen LogP contribution in [0.3, 0.4) is 0 Å². The molecule has 0 bridgehead atoms. The molecule has 0 saturated heterocycles. The Hall–Kier alpha value is -1.28. The lowest BCUT2D eigenvalue weighted by molar-refractivity contribution is 0.267. The number of anilines is 1. The normalized spacial score (nSPS) is 22.4. The molecule has 1 aromatic carbocycles.